The van der Waals surface area contributed by atoms with Crippen LogP contribution in [0.5, 0.6) is 0 Å². The molecule has 4 saturated heterocycles. The highest BCUT2D eigenvalue weighted by molar-refractivity contribution is 7.21. The van der Waals surface area contributed by atoms with Crippen LogP contribution in [0.1, 0.15) is 41.6 Å². The third kappa shape index (κ3) is 5.00. The van der Waals surface area contributed by atoms with Crippen molar-refractivity contribution < 1.29 is 14.7 Å². The number of carboxylic acid groups (broad SMARTS) is 1. The van der Waals surface area contributed by atoms with Gasteiger partial charge in [0.25, 0.3) is 5.91 Å². The summed E-state index contributed by atoms with van der Waals surface area (Å²) in [6.07, 6.45) is 4.96. The molecule has 0 radical (unpaired) electrons. The second-order valence-corrected chi connectivity index (χ2v) is 12.5. The first-order valence-electron chi connectivity index (χ1n) is 12.9. The number of piperidine rings is 3. The van der Waals surface area contributed by atoms with Crippen LogP contribution in [0, 0.1) is 12.8 Å². The molecule has 3 aromatic heterocycles. The lowest BCUT2D eigenvalue weighted by atomic mass is 9.93. The number of amides is 1. The number of carbonyl (C=O) groups is 2. The number of nitrogens with one attached hydrogen (secondary N) is 2. The van der Waals surface area contributed by atoms with Crippen molar-refractivity contribution in [2.24, 2.45) is 5.92 Å². The quantitative estimate of drug-likeness (QED) is 0.389. The van der Waals surface area contributed by atoms with E-state index in [-0.39, 0.29) is 11.8 Å². The second kappa shape index (κ2) is 10.4. The minimum absolute atomic E-state index is 0.313. The third-order valence-electron chi connectivity index (χ3n) is 7.63. The molecular weight excluding hydrogens is 544 g/mol. The molecule has 3 aromatic rings. The zero-order valence-corrected chi connectivity index (χ0v) is 23.3. The van der Waals surface area contributed by atoms with Crippen molar-refractivity contribution in [2.45, 2.75) is 44.7 Å². The standard InChI is InChI=1S/C26H29ClN6O3S2/c1-14-8-20(37-13-14)21-24(33-12-17-2-3-18(33)11-28-17)38-26(30-21)31-23(34)16-9-19(27)22(29-10-16)32-6-4-15(5-7-32)25(35)36/h8-10,13,15,17-18,28H,2-7,11-12H2,1H3,(H,35,36)(H,30,31,34). The summed E-state index contributed by atoms with van der Waals surface area (Å²) in [4.78, 5) is 39.3. The summed E-state index contributed by atoms with van der Waals surface area (Å²) in [5.41, 5.74) is 2.47. The molecule has 200 valence electrons. The fourth-order valence-electron chi connectivity index (χ4n) is 5.53. The molecule has 4 aliphatic rings. The lowest BCUT2D eigenvalue weighted by Gasteiger charge is -2.46. The van der Waals surface area contributed by atoms with Crippen molar-refractivity contribution >= 4 is 62.1 Å². The van der Waals surface area contributed by atoms with Gasteiger partial charge in [-0.25, -0.2) is 9.97 Å². The van der Waals surface area contributed by atoms with Crippen molar-refractivity contribution in [2.75, 3.05) is 41.3 Å². The number of thiophene rings is 1. The molecule has 2 bridgehead atoms. The third-order valence-corrected chi connectivity index (χ3v) is 9.97. The highest BCUT2D eigenvalue weighted by atomic mass is 35.5. The smallest absolute Gasteiger partial charge is 0.306 e. The van der Waals surface area contributed by atoms with Gasteiger partial charge in [-0.15, -0.1) is 11.3 Å². The van der Waals surface area contributed by atoms with E-state index in [1.54, 1.807) is 17.4 Å². The molecule has 3 N–H and O–H groups in total. The zero-order valence-electron chi connectivity index (χ0n) is 20.9. The Kier molecular flexibility index (Phi) is 7.02. The number of nitrogens with zero attached hydrogens (tertiary/aromatic N) is 4. The summed E-state index contributed by atoms with van der Waals surface area (Å²) < 4.78 is 0. The van der Waals surface area contributed by atoms with Gasteiger partial charge in [0.15, 0.2) is 5.13 Å². The number of fused-ring (bicyclic) bond motifs is 3. The Morgan fingerprint density at radius 3 is 2.63 bits per heavy atom. The van der Waals surface area contributed by atoms with Crippen molar-refractivity contribution in [1.29, 1.82) is 0 Å². The Hall–Kier alpha value is -2.73. The van der Waals surface area contributed by atoms with Gasteiger partial charge in [-0.3, -0.25) is 14.9 Å². The summed E-state index contributed by atoms with van der Waals surface area (Å²) in [7, 11) is 0. The molecule has 12 heteroatoms. The number of aromatic nitrogens is 2. The van der Waals surface area contributed by atoms with Crippen LogP contribution in [0.3, 0.4) is 0 Å². The van der Waals surface area contributed by atoms with E-state index < -0.39 is 5.97 Å². The summed E-state index contributed by atoms with van der Waals surface area (Å²) in [6, 6.07) is 4.69. The predicted molar refractivity (Wildman–Crippen MR) is 152 cm³/mol. The Labute approximate surface area is 233 Å². The van der Waals surface area contributed by atoms with E-state index in [0.29, 0.717) is 59.6 Å². The molecule has 0 aliphatic carbocycles. The van der Waals surface area contributed by atoms with Crippen molar-refractivity contribution in [3.8, 4) is 10.6 Å². The lowest BCUT2D eigenvalue weighted by molar-refractivity contribution is -0.142. The maximum absolute atomic E-state index is 13.2. The highest BCUT2D eigenvalue weighted by Crippen LogP contribution is 2.44. The Bertz CT molecular complexity index is 1360. The van der Waals surface area contributed by atoms with Gasteiger partial charge in [0.1, 0.15) is 16.5 Å². The van der Waals surface area contributed by atoms with Crippen LogP contribution in [-0.2, 0) is 4.79 Å². The number of aliphatic carboxylic acids is 1. The van der Waals surface area contributed by atoms with Gasteiger partial charge in [-0.05, 0) is 55.7 Å². The highest BCUT2D eigenvalue weighted by Gasteiger charge is 2.36. The summed E-state index contributed by atoms with van der Waals surface area (Å²) in [5.74, 6) is -0.834. The van der Waals surface area contributed by atoms with Crippen LogP contribution in [0.25, 0.3) is 10.6 Å². The van der Waals surface area contributed by atoms with Crippen molar-refractivity contribution in [1.82, 2.24) is 15.3 Å². The van der Waals surface area contributed by atoms with Crippen molar-refractivity contribution in [3.05, 3.63) is 39.9 Å². The monoisotopic (exact) mass is 572 g/mol. The van der Waals surface area contributed by atoms with E-state index in [4.69, 9.17) is 16.6 Å². The molecule has 7 heterocycles. The van der Waals surface area contributed by atoms with Crippen molar-refractivity contribution in [3.63, 3.8) is 0 Å². The molecule has 0 aromatic carbocycles. The van der Waals surface area contributed by atoms with E-state index in [0.717, 1.165) is 35.1 Å². The predicted octanol–water partition coefficient (Wildman–Crippen LogP) is 4.72. The van der Waals surface area contributed by atoms with Crippen LogP contribution in [0.15, 0.2) is 23.7 Å². The first kappa shape index (κ1) is 25.5. The molecule has 4 aliphatic heterocycles. The topological polar surface area (TPSA) is 111 Å². The molecule has 2 unspecified atom stereocenters. The number of rotatable bonds is 6. The van der Waals surface area contributed by atoms with E-state index in [1.165, 1.54) is 29.5 Å². The van der Waals surface area contributed by atoms with Crippen LogP contribution >= 0.6 is 34.3 Å². The van der Waals surface area contributed by atoms with Gasteiger partial charge in [0.05, 0.1) is 21.4 Å². The number of pyridine rings is 1. The number of carbonyl (C=O) groups excluding carboxylic acids is 1. The summed E-state index contributed by atoms with van der Waals surface area (Å²) >= 11 is 9.72. The molecule has 0 saturated carbocycles. The second-order valence-electron chi connectivity index (χ2n) is 10.2. The molecular formula is C26H29ClN6O3S2. The average Bonchev–Trinajstić information content (AvgIpc) is 3.55. The molecule has 38 heavy (non-hydrogen) atoms. The van der Waals surface area contributed by atoms with Crippen LogP contribution in [-0.4, -0.2) is 65.2 Å². The van der Waals surface area contributed by atoms with Gasteiger partial charge in [-0.1, -0.05) is 22.9 Å². The zero-order chi connectivity index (χ0) is 26.4. The SMILES string of the molecule is Cc1csc(-c2nc(NC(=O)c3cnc(N4CCC(C(=O)O)CC4)c(Cl)c3)sc2N2CC3CCC2CN3)c1. The number of thiazole rings is 1. The number of anilines is 3. The first-order chi connectivity index (χ1) is 18.4. The minimum Gasteiger partial charge on any atom is -0.481 e. The van der Waals surface area contributed by atoms with Gasteiger partial charge in [0.2, 0.25) is 0 Å². The Morgan fingerprint density at radius 1 is 1.21 bits per heavy atom. The largest absolute Gasteiger partial charge is 0.481 e. The maximum atomic E-state index is 13.2. The van der Waals surface area contributed by atoms with Crippen LogP contribution in [0.4, 0.5) is 16.0 Å². The molecule has 0 spiro atoms. The van der Waals surface area contributed by atoms with Gasteiger partial charge in [-0.2, -0.15) is 0 Å². The minimum atomic E-state index is -0.761. The molecule has 1 amide bonds. The summed E-state index contributed by atoms with van der Waals surface area (Å²) in [5, 5.41) is 20.0. The normalized spacial score (nSPS) is 21.6. The maximum Gasteiger partial charge on any atom is 0.306 e. The number of carboxylic acids is 1. The van der Waals surface area contributed by atoms with E-state index in [9.17, 15) is 14.7 Å². The number of hydrogen-bond acceptors (Lipinski definition) is 9. The fraction of sp³-hybridized carbons (Fsp3) is 0.462. The fourth-order valence-corrected chi connectivity index (χ4v) is 7.82. The van der Waals surface area contributed by atoms with Gasteiger partial charge < -0.3 is 20.2 Å². The van der Waals surface area contributed by atoms with E-state index in [2.05, 4.69) is 38.9 Å². The first-order valence-corrected chi connectivity index (χ1v) is 14.9. The number of piperazine rings is 1. The van der Waals surface area contributed by atoms with E-state index in [1.807, 2.05) is 4.90 Å². The molecule has 9 nitrogen and oxygen atoms in total. The molecule has 4 fully saturated rings. The number of aryl methyl sites for hydroxylation is 1. The van der Waals surface area contributed by atoms with Gasteiger partial charge in [0, 0.05) is 44.5 Å². The molecule has 2 atom stereocenters. The number of halogens is 1. The summed E-state index contributed by atoms with van der Waals surface area (Å²) in [6.45, 7) is 5.13. The van der Waals surface area contributed by atoms with Crippen LogP contribution < -0.4 is 20.4 Å². The average molecular weight is 573 g/mol. The Balaban J connectivity index is 1.21. The lowest BCUT2D eigenvalue weighted by Crippen LogP contribution is -2.61. The van der Waals surface area contributed by atoms with E-state index >= 15 is 0 Å². The Morgan fingerprint density at radius 2 is 2.03 bits per heavy atom. The van der Waals surface area contributed by atoms with Crippen LogP contribution in [0.2, 0.25) is 5.02 Å². The van der Waals surface area contributed by atoms with Gasteiger partial charge >= 0.3 is 5.97 Å². The number of hydrogen-bond donors (Lipinski definition) is 3. The molecule has 7 rings (SSSR count).